The molecule has 0 radical (unpaired) electrons. The first-order valence-corrected chi connectivity index (χ1v) is 11.9. The third-order valence-corrected chi connectivity index (χ3v) is 7.55. The Morgan fingerprint density at radius 3 is 2.48 bits per heavy atom. The smallest absolute Gasteiger partial charge is 0.376 e. The standard InChI is InChI=1S/C20H23F5N4O3S/c21-17-5-6-18(22)19-16(17)10-28(33(30,31)20(23,24)25)9-14(11-32-15-3-1-2-4-15)29(19)8-13-7-26-12-27-13/h5-7,12,14-15H,1-4,8-11H2,(H,26,27)/t14-/m1/s1. The highest BCUT2D eigenvalue weighted by Gasteiger charge is 2.52. The van der Waals surface area contributed by atoms with Crippen molar-refractivity contribution in [2.45, 2.75) is 56.4 Å². The number of benzene rings is 1. The summed E-state index contributed by atoms with van der Waals surface area (Å²) in [5.41, 5.74) is -5.86. The second-order valence-electron chi connectivity index (χ2n) is 8.20. The molecule has 33 heavy (non-hydrogen) atoms. The maximum Gasteiger partial charge on any atom is 0.511 e. The molecule has 1 atom stereocenters. The van der Waals surface area contributed by atoms with Crippen molar-refractivity contribution in [2.75, 3.05) is 18.1 Å². The maximum atomic E-state index is 15.0. The van der Waals surface area contributed by atoms with Crippen molar-refractivity contribution in [3.8, 4) is 0 Å². The zero-order valence-corrected chi connectivity index (χ0v) is 18.3. The number of nitrogens with one attached hydrogen (secondary N) is 1. The molecule has 1 aliphatic carbocycles. The van der Waals surface area contributed by atoms with Gasteiger partial charge in [0, 0.05) is 24.8 Å². The first-order chi connectivity index (χ1) is 15.6. The monoisotopic (exact) mass is 494 g/mol. The molecule has 182 valence electrons. The number of halogens is 5. The minimum atomic E-state index is -5.81. The second-order valence-corrected chi connectivity index (χ2v) is 10.1. The van der Waals surface area contributed by atoms with E-state index in [4.69, 9.17) is 4.74 Å². The Morgan fingerprint density at radius 1 is 1.15 bits per heavy atom. The minimum Gasteiger partial charge on any atom is -0.376 e. The highest BCUT2D eigenvalue weighted by Crippen LogP contribution is 2.37. The Labute approximate surface area is 187 Å². The predicted octanol–water partition coefficient (Wildman–Crippen LogP) is 3.69. The number of imidazole rings is 1. The Kier molecular flexibility index (Phi) is 6.65. The molecule has 0 spiro atoms. The van der Waals surface area contributed by atoms with Crippen LogP contribution in [-0.4, -0.2) is 53.5 Å². The molecule has 0 unspecified atom stereocenters. The average Bonchev–Trinajstić information content (AvgIpc) is 3.42. The van der Waals surface area contributed by atoms with E-state index in [9.17, 15) is 26.0 Å². The van der Waals surface area contributed by atoms with Crippen molar-refractivity contribution in [2.24, 2.45) is 0 Å². The van der Waals surface area contributed by atoms with Crippen LogP contribution in [0.3, 0.4) is 0 Å². The first kappa shape index (κ1) is 23.9. The molecule has 1 aromatic carbocycles. The van der Waals surface area contributed by atoms with Gasteiger partial charge in [-0.3, -0.25) is 0 Å². The normalized spacial score (nSPS) is 20.8. The zero-order valence-electron chi connectivity index (χ0n) is 17.5. The van der Waals surface area contributed by atoms with Gasteiger partial charge in [-0.15, -0.1) is 0 Å². The summed E-state index contributed by atoms with van der Waals surface area (Å²) in [7, 11) is -5.81. The minimum absolute atomic E-state index is 0.0635. The van der Waals surface area contributed by atoms with Gasteiger partial charge in [0.05, 0.1) is 43.0 Å². The Hall–Kier alpha value is -2.25. The molecule has 0 saturated heterocycles. The van der Waals surface area contributed by atoms with Gasteiger partial charge in [0.15, 0.2) is 0 Å². The van der Waals surface area contributed by atoms with Gasteiger partial charge in [-0.2, -0.15) is 17.5 Å². The van der Waals surface area contributed by atoms with Gasteiger partial charge in [-0.1, -0.05) is 12.8 Å². The molecule has 1 fully saturated rings. The molecule has 2 aromatic rings. The molecule has 1 N–H and O–H groups in total. The van der Waals surface area contributed by atoms with Crippen LogP contribution < -0.4 is 4.90 Å². The SMILES string of the molecule is O=S(=O)(N1Cc2c(F)ccc(F)c2N(Cc2cnc[nH]2)[C@@H](COC2CCCC2)C1)C(F)(F)F. The Morgan fingerprint density at radius 2 is 1.85 bits per heavy atom. The van der Waals surface area contributed by atoms with Gasteiger partial charge in [-0.25, -0.2) is 22.2 Å². The van der Waals surface area contributed by atoms with Gasteiger partial charge in [0.1, 0.15) is 11.6 Å². The summed E-state index contributed by atoms with van der Waals surface area (Å²) in [5.74, 6) is -1.87. The quantitative estimate of drug-likeness (QED) is 0.620. The van der Waals surface area contributed by atoms with Crippen LogP contribution in [0.4, 0.5) is 27.6 Å². The summed E-state index contributed by atoms with van der Waals surface area (Å²) in [6, 6.07) is 0.635. The van der Waals surface area contributed by atoms with Crippen LogP contribution >= 0.6 is 0 Å². The van der Waals surface area contributed by atoms with E-state index in [1.54, 1.807) is 0 Å². The van der Waals surface area contributed by atoms with Crippen molar-refractivity contribution >= 4 is 15.7 Å². The van der Waals surface area contributed by atoms with E-state index in [2.05, 4.69) is 9.97 Å². The number of rotatable bonds is 6. The molecule has 13 heteroatoms. The summed E-state index contributed by atoms with van der Waals surface area (Å²) in [5, 5.41) is 0. The van der Waals surface area contributed by atoms with Gasteiger partial charge in [-0.05, 0) is 25.0 Å². The van der Waals surface area contributed by atoms with Crippen LogP contribution in [-0.2, 0) is 27.8 Å². The van der Waals surface area contributed by atoms with Crippen LogP contribution in [0.15, 0.2) is 24.7 Å². The zero-order chi connectivity index (χ0) is 23.8. The predicted molar refractivity (Wildman–Crippen MR) is 109 cm³/mol. The molecule has 1 aromatic heterocycles. The summed E-state index contributed by atoms with van der Waals surface area (Å²) < 4.78 is 101. The Bertz CT molecular complexity index is 1070. The van der Waals surface area contributed by atoms with Crippen molar-refractivity contribution in [3.05, 3.63) is 47.5 Å². The van der Waals surface area contributed by atoms with E-state index in [0.717, 1.165) is 37.8 Å². The van der Waals surface area contributed by atoms with Crippen LogP contribution in [0.5, 0.6) is 0 Å². The highest BCUT2D eigenvalue weighted by molar-refractivity contribution is 7.89. The number of aromatic amines is 1. The number of sulfonamides is 1. The number of hydrogen-bond acceptors (Lipinski definition) is 5. The second kappa shape index (κ2) is 9.18. The summed E-state index contributed by atoms with van der Waals surface area (Å²) in [6.45, 7) is -1.83. The molecule has 0 amide bonds. The van der Waals surface area contributed by atoms with E-state index in [-0.39, 0.29) is 29.2 Å². The van der Waals surface area contributed by atoms with Crippen molar-refractivity contribution < 1.29 is 35.1 Å². The first-order valence-electron chi connectivity index (χ1n) is 10.5. The average molecular weight is 494 g/mol. The van der Waals surface area contributed by atoms with Crippen molar-refractivity contribution in [1.29, 1.82) is 0 Å². The topological polar surface area (TPSA) is 78.5 Å². The van der Waals surface area contributed by atoms with Gasteiger partial charge in [0.25, 0.3) is 0 Å². The number of alkyl halides is 3. The molecule has 1 saturated carbocycles. The molecular formula is C20H23F5N4O3S. The van der Waals surface area contributed by atoms with Crippen molar-refractivity contribution in [3.63, 3.8) is 0 Å². The molecule has 7 nitrogen and oxygen atoms in total. The fourth-order valence-corrected chi connectivity index (χ4v) is 5.30. The van der Waals surface area contributed by atoms with E-state index in [0.29, 0.717) is 5.69 Å². The summed E-state index contributed by atoms with van der Waals surface area (Å²) >= 11 is 0. The number of H-pyrrole nitrogens is 1. The molecule has 2 heterocycles. The van der Waals surface area contributed by atoms with Crippen LogP contribution in [0.1, 0.15) is 36.9 Å². The lowest BCUT2D eigenvalue weighted by molar-refractivity contribution is -0.0496. The number of anilines is 1. The largest absolute Gasteiger partial charge is 0.511 e. The molecule has 2 aliphatic rings. The number of fused-ring (bicyclic) bond motifs is 1. The number of nitrogens with zero attached hydrogens (tertiary/aromatic N) is 3. The van der Waals surface area contributed by atoms with Crippen LogP contribution in [0.25, 0.3) is 0 Å². The van der Waals surface area contributed by atoms with Gasteiger partial charge in [0.2, 0.25) is 0 Å². The fraction of sp³-hybridized carbons (Fsp3) is 0.550. The lowest BCUT2D eigenvalue weighted by Gasteiger charge is -2.34. The molecular weight excluding hydrogens is 471 g/mol. The lowest BCUT2D eigenvalue weighted by Crippen LogP contribution is -2.49. The maximum absolute atomic E-state index is 15.0. The van der Waals surface area contributed by atoms with Crippen LogP contribution in [0, 0.1) is 11.6 Å². The van der Waals surface area contributed by atoms with E-state index >= 15 is 4.39 Å². The van der Waals surface area contributed by atoms with E-state index in [1.807, 2.05) is 0 Å². The number of hydrogen-bond donors (Lipinski definition) is 1. The van der Waals surface area contributed by atoms with Gasteiger partial charge < -0.3 is 14.6 Å². The summed E-state index contributed by atoms with van der Waals surface area (Å²) in [4.78, 5) is 8.09. The molecule has 4 rings (SSSR count). The third-order valence-electron chi connectivity index (χ3n) is 6.01. The van der Waals surface area contributed by atoms with E-state index < -0.39 is 51.9 Å². The molecule has 1 aliphatic heterocycles. The molecule has 0 bridgehead atoms. The van der Waals surface area contributed by atoms with Crippen molar-refractivity contribution in [1.82, 2.24) is 14.3 Å². The van der Waals surface area contributed by atoms with Crippen LogP contribution in [0.2, 0.25) is 0 Å². The lowest BCUT2D eigenvalue weighted by atomic mass is 10.1. The summed E-state index contributed by atoms with van der Waals surface area (Å²) in [6.07, 6.45) is 6.15. The highest BCUT2D eigenvalue weighted by atomic mass is 32.2. The fourth-order valence-electron chi connectivity index (χ4n) is 4.34. The van der Waals surface area contributed by atoms with Gasteiger partial charge >= 0.3 is 15.5 Å². The number of ether oxygens (including phenoxy) is 1. The van der Waals surface area contributed by atoms with E-state index in [1.165, 1.54) is 17.4 Å². The number of aromatic nitrogens is 2. The third kappa shape index (κ3) is 4.85. The Balaban J connectivity index is 1.79.